The Hall–Kier alpha value is -3.77. The first-order valence-corrected chi connectivity index (χ1v) is 11.8. The van der Waals surface area contributed by atoms with E-state index in [9.17, 15) is 9.59 Å². The van der Waals surface area contributed by atoms with E-state index in [0.29, 0.717) is 15.9 Å². The van der Waals surface area contributed by atoms with Crippen LogP contribution in [0, 0.1) is 0 Å². The minimum atomic E-state index is -0.704. The number of rotatable bonds is 5. The van der Waals surface area contributed by atoms with E-state index in [0.717, 1.165) is 28.3 Å². The normalized spacial score (nSPS) is 12.2. The van der Waals surface area contributed by atoms with Crippen molar-refractivity contribution < 1.29 is 4.79 Å². The molecule has 0 fully saturated rings. The smallest absolute Gasteiger partial charge is 0.263 e. The molecule has 1 unspecified atom stereocenters. The van der Waals surface area contributed by atoms with Crippen LogP contribution < -0.4 is 10.9 Å². The molecule has 6 heteroatoms. The lowest BCUT2D eigenvalue weighted by molar-refractivity contribution is -0.118. The van der Waals surface area contributed by atoms with Gasteiger partial charge < -0.3 is 5.32 Å². The van der Waals surface area contributed by atoms with Gasteiger partial charge in [0, 0.05) is 16.6 Å². The first-order chi connectivity index (χ1) is 16.0. The molecular formula is C27H23N3O2S. The second kappa shape index (κ2) is 8.64. The van der Waals surface area contributed by atoms with Crippen LogP contribution in [0.15, 0.2) is 83.2 Å². The van der Waals surface area contributed by atoms with Crippen LogP contribution in [-0.2, 0) is 11.2 Å². The molecule has 0 saturated carbocycles. The average Bonchev–Trinajstić information content (AvgIpc) is 3.29. The molecule has 0 spiro atoms. The molecule has 2 aromatic heterocycles. The predicted molar refractivity (Wildman–Crippen MR) is 136 cm³/mol. The number of thiophene rings is 1. The lowest BCUT2D eigenvalue weighted by atomic mass is 10.0. The molecule has 1 N–H and O–H groups in total. The summed E-state index contributed by atoms with van der Waals surface area (Å²) in [5.41, 5.74) is 3.50. The maximum absolute atomic E-state index is 13.5. The van der Waals surface area contributed by atoms with Crippen molar-refractivity contribution in [1.82, 2.24) is 9.55 Å². The summed E-state index contributed by atoms with van der Waals surface area (Å²) in [7, 11) is 0. The maximum atomic E-state index is 13.5. The fraction of sp³-hybridized carbons (Fsp3) is 0.148. The third-order valence-corrected chi connectivity index (χ3v) is 6.89. The Bertz CT molecular complexity index is 1530. The van der Waals surface area contributed by atoms with Crippen molar-refractivity contribution in [1.29, 1.82) is 0 Å². The summed E-state index contributed by atoms with van der Waals surface area (Å²) in [6, 6.07) is 21.3. The zero-order chi connectivity index (χ0) is 22.9. The molecule has 0 saturated heterocycles. The molecule has 164 valence electrons. The quantitative estimate of drug-likeness (QED) is 0.353. The Kier molecular flexibility index (Phi) is 5.52. The van der Waals surface area contributed by atoms with Gasteiger partial charge in [0.2, 0.25) is 5.91 Å². The van der Waals surface area contributed by atoms with Crippen molar-refractivity contribution in [3.05, 3.63) is 94.4 Å². The van der Waals surface area contributed by atoms with E-state index in [1.54, 1.807) is 6.92 Å². The second-order valence-corrected chi connectivity index (χ2v) is 8.92. The molecule has 1 atom stereocenters. The van der Waals surface area contributed by atoms with Gasteiger partial charge in [0.15, 0.2) is 0 Å². The van der Waals surface area contributed by atoms with Crippen molar-refractivity contribution in [3.8, 4) is 11.1 Å². The number of hydrogen-bond acceptors (Lipinski definition) is 4. The zero-order valence-corrected chi connectivity index (χ0v) is 19.2. The van der Waals surface area contributed by atoms with E-state index in [4.69, 9.17) is 0 Å². The molecule has 1 amide bonds. The Labute approximate surface area is 195 Å². The number of benzene rings is 3. The van der Waals surface area contributed by atoms with Crippen LogP contribution in [-0.4, -0.2) is 15.5 Å². The highest BCUT2D eigenvalue weighted by Gasteiger charge is 2.20. The minimum Gasteiger partial charge on any atom is -0.324 e. The van der Waals surface area contributed by atoms with Gasteiger partial charge in [-0.05, 0) is 53.4 Å². The number of nitrogens with zero attached hydrogens (tertiary/aromatic N) is 2. The fourth-order valence-electron chi connectivity index (χ4n) is 3.99. The van der Waals surface area contributed by atoms with Crippen molar-refractivity contribution in [2.75, 3.05) is 5.32 Å². The monoisotopic (exact) mass is 453 g/mol. The fourth-order valence-corrected chi connectivity index (χ4v) is 4.89. The highest BCUT2D eigenvalue weighted by Crippen LogP contribution is 2.32. The van der Waals surface area contributed by atoms with E-state index >= 15 is 0 Å². The number of anilines is 1. The number of fused-ring (bicyclic) bond motifs is 2. The van der Waals surface area contributed by atoms with Crippen molar-refractivity contribution in [3.63, 3.8) is 0 Å². The van der Waals surface area contributed by atoms with Crippen LogP contribution in [0.1, 0.15) is 25.5 Å². The average molecular weight is 454 g/mol. The zero-order valence-electron chi connectivity index (χ0n) is 18.4. The highest BCUT2D eigenvalue weighted by molar-refractivity contribution is 7.17. The summed E-state index contributed by atoms with van der Waals surface area (Å²) in [5, 5.41) is 7.67. The Morgan fingerprint density at radius 3 is 2.58 bits per heavy atom. The molecule has 3 aromatic carbocycles. The molecule has 5 nitrogen and oxygen atoms in total. The number of nitrogens with one attached hydrogen (secondary N) is 1. The molecule has 33 heavy (non-hydrogen) atoms. The van der Waals surface area contributed by atoms with Crippen molar-refractivity contribution in [2.45, 2.75) is 26.3 Å². The van der Waals surface area contributed by atoms with Gasteiger partial charge in [-0.25, -0.2) is 4.98 Å². The van der Waals surface area contributed by atoms with E-state index in [1.165, 1.54) is 27.8 Å². The predicted octanol–water partition coefficient (Wildman–Crippen LogP) is 6.04. The van der Waals surface area contributed by atoms with Gasteiger partial charge in [-0.15, -0.1) is 11.3 Å². The molecule has 0 radical (unpaired) electrons. The Balaban J connectivity index is 1.50. The molecule has 0 bridgehead atoms. The van der Waals surface area contributed by atoms with Gasteiger partial charge in [0.25, 0.3) is 5.56 Å². The molecular weight excluding hydrogens is 430 g/mol. The van der Waals surface area contributed by atoms with E-state index in [1.807, 2.05) is 47.8 Å². The molecule has 0 aliphatic heterocycles. The van der Waals surface area contributed by atoms with E-state index in [2.05, 4.69) is 41.5 Å². The minimum absolute atomic E-state index is 0.214. The summed E-state index contributed by atoms with van der Waals surface area (Å²) in [6.07, 6.45) is 2.40. The first-order valence-electron chi connectivity index (χ1n) is 10.9. The Morgan fingerprint density at radius 2 is 1.82 bits per heavy atom. The third kappa shape index (κ3) is 3.94. The standard InChI is InChI=1S/C27H23N3O2S/c1-3-18-8-12-22(13-9-18)29-25(31)17(2)30-16-28-26-24(27(30)32)23(15-33-26)21-11-10-19-6-4-5-7-20(19)14-21/h4-17H,3H2,1-2H3,(H,29,31). The lowest BCUT2D eigenvalue weighted by Gasteiger charge is -2.15. The van der Waals surface area contributed by atoms with Gasteiger partial charge in [-0.3, -0.25) is 14.2 Å². The number of carbonyl (C=O) groups is 1. The maximum Gasteiger partial charge on any atom is 0.263 e. The molecule has 2 heterocycles. The summed E-state index contributed by atoms with van der Waals surface area (Å²) in [6.45, 7) is 3.80. The summed E-state index contributed by atoms with van der Waals surface area (Å²) < 4.78 is 1.41. The van der Waals surface area contributed by atoms with Gasteiger partial charge in [-0.1, -0.05) is 55.5 Å². The van der Waals surface area contributed by atoms with Crippen LogP contribution in [0.3, 0.4) is 0 Å². The summed E-state index contributed by atoms with van der Waals surface area (Å²) >= 11 is 1.44. The molecule has 5 rings (SSSR count). The van der Waals surface area contributed by atoms with Crippen LogP contribution in [0.4, 0.5) is 5.69 Å². The van der Waals surface area contributed by atoms with Gasteiger partial charge in [0.05, 0.1) is 11.7 Å². The van der Waals surface area contributed by atoms with Crippen molar-refractivity contribution in [2.24, 2.45) is 0 Å². The van der Waals surface area contributed by atoms with E-state index < -0.39 is 6.04 Å². The van der Waals surface area contributed by atoms with Gasteiger partial charge in [0.1, 0.15) is 10.9 Å². The Morgan fingerprint density at radius 1 is 1.06 bits per heavy atom. The van der Waals surface area contributed by atoms with Crippen molar-refractivity contribution >= 4 is 43.9 Å². The topological polar surface area (TPSA) is 64.0 Å². The molecule has 5 aromatic rings. The number of aromatic nitrogens is 2. The number of carbonyl (C=O) groups excluding carboxylic acids is 1. The number of amides is 1. The number of hydrogen-bond donors (Lipinski definition) is 1. The van der Waals surface area contributed by atoms with E-state index in [-0.39, 0.29) is 11.5 Å². The first kappa shape index (κ1) is 21.1. The highest BCUT2D eigenvalue weighted by atomic mass is 32.1. The molecule has 0 aliphatic rings. The second-order valence-electron chi connectivity index (χ2n) is 8.06. The third-order valence-electron chi connectivity index (χ3n) is 6.01. The van der Waals surface area contributed by atoms with Crippen LogP contribution in [0.25, 0.3) is 32.1 Å². The number of aryl methyl sites for hydroxylation is 1. The largest absolute Gasteiger partial charge is 0.324 e. The summed E-state index contributed by atoms with van der Waals surface area (Å²) in [5.74, 6) is -0.259. The molecule has 0 aliphatic carbocycles. The van der Waals surface area contributed by atoms with Gasteiger partial charge >= 0.3 is 0 Å². The van der Waals surface area contributed by atoms with Gasteiger partial charge in [-0.2, -0.15) is 0 Å². The van der Waals surface area contributed by atoms with Crippen LogP contribution in [0.5, 0.6) is 0 Å². The lowest BCUT2D eigenvalue weighted by Crippen LogP contribution is -2.31. The van der Waals surface area contributed by atoms with Crippen LogP contribution >= 0.6 is 11.3 Å². The summed E-state index contributed by atoms with van der Waals surface area (Å²) in [4.78, 5) is 31.5. The SMILES string of the molecule is CCc1ccc(NC(=O)C(C)n2cnc3scc(-c4ccc5ccccc5c4)c3c2=O)cc1. The van der Waals surface area contributed by atoms with Crippen LogP contribution in [0.2, 0.25) is 0 Å².